The summed E-state index contributed by atoms with van der Waals surface area (Å²) >= 11 is 4.95. The molecular formula is C20H21BrN2O4S. The van der Waals surface area contributed by atoms with Crippen LogP contribution in [0.15, 0.2) is 45.9 Å². The number of nitrogens with zero attached hydrogens (tertiary/aromatic N) is 2. The first-order valence-electron chi connectivity index (χ1n) is 8.75. The van der Waals surface area contributed by atoms with Gasteiger partial charge in [-0.3, -0.25) is 4.79 Å². The molecule has 0 N–H and O–H groups in total. The second-order valence-corrected chi connectivity index (χ2v) is 7.72. The lowest BCUT2D eigenvalue weighted by Gasteiger charge is -2.10. The summed E-state index contributed by atoms with van der Waals surface area (Å²) in [7, 11) is 3.04. The first-order valence-corrected chi connectivity index (χ1v) is 10.4. The number of carbonyl (C=O) groups is 1. The lowest BCUT2D eigenvalue weighted by molar-refractivity contribution is 0.0990. The van der Waals surface area contributed by atoms with E-state index in [1.807, 2.05) is 29.7 Å². The van der Waals surface area contributed by atoms with Crippen LogP contribution in [0.5, 0.6) is 11.5 Å². The summed E-state index contributed by atoms with van der Waals surface area (Å²) in [6.07, 6.45) is 0. The van der Waals surface area contributed by atoms with Crippen molar-refractivity contribution >= 4 is 43.4 Å². The molecule has 28 heavy (non-hydrogen) atoms. The van der Waals surface area contributed by atoms with Crippen molar-refractivity contribution in [2.75, 3.05) is 27.4 Å². The maximum Gasteiger partial charge on any atom is 0.287 e. The Morgan fingerprint density at radius 3 is 2.54 bits per heavy atom. The van der Waals surface area contributed by atoms with E-state index in [0.717, 1.165) is 14.7 Å². The number of benzene rings is 2. The fourth-order valence-corrected chi connectivity index (χ4v) is 4.46. The molecule has 6 nitrogen and oxygen atoms in total. The summed E-state index contributed by atoms with van der Waals surface area (Å²) in [5, 5.41) is 0. The van der Waals surface area contributed by atoms with Crippen LogP contribution < -0.4 is 14.3 Å². The zero-order chi connectivity index (χ0) is 20.1. The Balaban J connectivity index is 2.13. The third-order valence-corrected chi connectivity index (χ3v) is 5.68. The largest absolute Gasteiger partial charge is 0.496 e. The average Bonchev–Trinajstić information content (AvgIpc) is 3.03. The van der Waals surface area contributed by atoms with E-state index >= 15 is 0 Å². The summed E-state index contributed by atoms with van der Waals surface area (Å²) in [6, 6.07) is 11.2. The Hall–Kier alpha value is -2.16. The highest BCUT2D eigenvalue weighted by Crippen LogP contribution is 2.29. The van der Waals surface area contributed by atoms with Gasteiger partial charge < -0.3 is 18.8 Å². The molecule has 0 saturated heterocycles. The molecule has 0 fully saturated rings. The fraction of sp³-hybridized carbons (Fsp3) is 0.300. The molecule has 0 saturated carbocycles. The van der Waals surface area contributed by atoms with Gasteiger partial charge in [-0.2, -0.15) is 4.99 Å². The van der Waals surface area contributed by atoms with E-state index in [1.165, 1.54) is 25.6 Å². The van der Waals surface area contributed by atoms with Gasteiger partial charge in [-0.25, -0.2) is 0 Å². The molecule has 0 bridgehead atoms. The number of amides is 1. The van der Waals surface area contributed by atoms with Gasteiger partial charge in [-0.1, -0.05) is 33.3 Å². The van der Waals surface area contributed by atoms with Crippen LogP contribution in [0.25, 0.3) is 10.2 Å². The molecule has 2 aromatic carbocycles. The summed E-state index contributed by atoms with van der Waals surface area (Å²) in [4.78, 5) is 18.0. The maximum atomic E-state index is 13.0. The van der Waals surface area contributed by atoms with E-state index in [2.05, 4.69) is 20.9 Å². The number of carbonyl (C=O) groups excluding carboxylic acids is 1. The highest BCUT2D eigenvalue weighted by Gasteiger charge is 2.18. The average molecular weight is 465 g/mol. The monoisotopic (exact) mass is 464 g/mol. The van der Waals surface area contributed by atoms with Gasteiger partial charge in [0.1, 0.15) is 17.1 Å². The number of aromatic nitrogens is 1. The summed E-state index contributed by atoms with van der Waals surface area (Å²) < 4.78 is 20.2. The molecule has 0 aliphatic heterocycles. The number of rotatable bonds is 7. The van der Waals surface area contributed by atoms with Gasteiger partial charge in [-0.15, -0.1) is 0 Å². The smallest absolute Gasteiger partial charge is 0.287 e. The molecule has 3 rings (SSSR count). The van der Waals surface area contributed by atoms with E-state index in [1.54, 1.807) is 18.2 Å². The Bertz CT molecular complexity index is 1040. The SMILES string of the molecule is CCOCCn1c(=NC(=O)c2c(OC)cccc2OC)sc2cc(Br)ccc21. The number of halogens is 1. The van der Waals surface area contributed by atoms with E-state index < -0.39 is 5.91 Å². The van der Waals surface area contributed by atoms with Crippen LogP contribution in [0.3, 0.4) is 0 Å². The quantitative estimate of drug-likeness (QED) is 0.490. The zero-order valence-corrected chi connectivity index (χ0v) is 18.3. The fourth-order valence-electron chi connectivity index (χ4n) is 2.85. The number of fused-ring (bicyclic) bond motifs is 1. The molecule has 1 amide bonds. The van der Waals surface area contributed by atoms with E-state index in [4.69, 9.17) is 14.2 Å². The van der Waals surface area contributed by atoms with Crippen LogP contribution in [0.4, 0.5) is 0 Å². The minimum absolute atomic E-state index is 0.308. The van der Waals surface area contributed by atoms with Gasteiger partial charge in [-0.05, 0) is 37.3 Å². The van der Waals surface area contributed by atoms with Gasteiger partial charge in [0.2, 0.25) is 0 Å². The molecule has 0 unspecified atom stereocenters. The van der Waals surface area contributed by atoms with Crippen LogP contribution >= 0.6 is 27.3 Å². The van der Waals surface area contributed by atoms with Crippen molar-refractivity contribution in [3.8, 4) is 11.5 Å². The van der Waals surface area contributed by atoms with Gasteiger partial charge >= 0.3 is 0 Å². The minimum atomic E-state index is -0.412. The number of hydrogen-bond acceptors (Lipinski definition) is 5. The van der Waals surface area contributed by atoms with Crippen molar-refractivity contribution in [3.05, 3.63) is 51.2 Å². The Morgan fingerprint density at radius 1 is 1.18 bits per heavy atom. The highest BCUT2D eigenvalue weighted by molar-refractivity contribution is 9.10. The zero-order valence-electron chi connectivity index (χ0n) is 15.9. The standard InChI is InChI=1S/C20H21BrN2O4S/c1-4-27-11-10-23-14-9-8-13(21)12-17(14)28-20(23)22-19(24)18-15(25-2)6-5-7-16(18)26-3/h5-9,12H,4,10-11H2,1-3H3. The third kappa shape index (κ3) is 4.29. The molecule has 0 radical (unpaired) electrons. The van der Waals surface area contributed by atoms with Gasteiger partial charge in [0.05, 0.1) is 31.0 Å². The predicted molar refractivity (Wildman–Crippen MR) is 113 cm³/mol. The molecular weight excluding hydrogens is 444 g/mol. The van der Waals surface area contributed by atoms with Gasteiger partial charge in [0, 0.05) is 17.6 Å². The molecule has 0 spiro atoms. The Kier molecular flexibility index (Phi) is 6.88. The van der Waals surface area contributed by atoms with Gasteiger partial charge in [0.15, 0.2) is 4.80 Å². The first kappa shape index (κ1) is 20.6. The summed E-state index contributed by atoms with van der Waals surface area (Å²) in [5.41, 5.74) is 1.31. The van der Waals surface area contributed by atoms with Crippen molar-refractivity contribution in [1.29, 1.82) is 0 Å². The van der Waals surface area contributed by atoms with Crippen LogP contribution in [-0.4, -0.2) is 37.9 Å². The Labute approximate surface area is 175 Å². The maximum absolute atomic E-state index is 13.0. The second kappa shape index (κ2) is 9.36. The van der Waals surface area contributed by atoms with Crippen molar-refractivity contribution in [2.24, 2.45) is 4.99 Å². The molecule has 0 atom stereocenters. The molecule has 3 aromatic rings. The summed E-state index contributed by atoms with van der Waals surface area (Å²) in [6.45, 7) is 3.73. The molecule has 1 heterocycles. The normalized spacial score (nSPS) is 11.8. The van der Waals surface area contributed by atoms with Crippen LogP contribution in [-0.2, 0) is 11.3 Å². The minimum Gasteiger partial charge on any atom is -0.496 e. The van der Waals surface area contributed by atoms with Crippen molar-refractivity contribution < 1.29 is 19.0 Å². The lowest BCUT2D eigenvalue weighted by atomic mass is 10.1. The van der Waals surface area contributed by atoms with E-state index in [-0.39, 0.29) is 0 Å². The summed E-state index contributed by atoms with van der Waals surface area (Å²) in [5.74, 6) is 0.445. The first-order chi connectivity index (χ1) is 13.6. The molecule has 1 aromatic heterocycles. The number of thiazole rings is 1. The van der Waals surface area contributed by atoms with E-state index in [0.29, 0.717) is 41.6 Å². The van der Waals surface area contributed by atoms with Gasteiger partial charge in [0.25, 0.3) is 5.91 Å². The van der Waals surface area contributed by atoms with Crippen molar-refractivity contribution in [2.45, 2.75) is 13.5 Å². The third-order valence-electron chi connectivity index (χ3n) is 4.15. The number of ether oxygens (including phenoxy) is 3. The second-order valence-electron chi connectivity index (χ2n) is 5.80. The van der Waals surface area contributed by atoms with E-state index in [9.17, 15) is 4.79 Å². The lowest BCUT2D eigenvalue weighted by Crippen LogP contribution is -2.20. The van der Waals surface area contributed by atoms with Crippen molar-refractivity contribution in [1.82, 2.24) is 4.57 Å². The molecule has 148 valence electrons. The topological polar surface area (TPSA) is 62.1 Å². The Morgan fingerprint density at radius 2 is 1.89 bits per heavy atom. The number of hydrogen-bond donors (Lipinski definition) is 0. The van der Waals surface area contributed by atoms with Crippen molar-refractivity contribution in [3.63, 3.8) is 0 Å². The molecule has 8 heteroatoms. The van der Waals surface area contributed by atoms with Crippen LogP contribution in [0.2, 0.25) is 0 Å². The predicted octanol–water partition coefficient (Wildman–Crippen LogP) is 4.26. The van der Waals surface area contributed by atoms with Crippen LogP contribution in [0.1, 0.15) is 17.3 Å². The molecule has 0 aliphatic rings. The molecule has 0 aliphatic carbocycles. The van der Waals surface area contributed by atoms with Crippen LogP contribution in [0, 0.1) is 0 Å². The highest BCUT2D eigenvalue weighted by atomic mass is 79.9. The number of methoxy groups -OCH3 is 2.